The van der Waals surface area contributed by atoms with E-state index in [-0.39, 0.29) is 23.8 Å². The van der Waals surface area contributed by atoms with Gasteiger partial charge in [0.05, 0.1) is 31.5 Å². The monoisotopic (exact) mass is 346 g/mol. The highest BCUT2D eigenvalue weighted by Crippen LogP contribution is 2.45. The molecule has 0 bridgehead atoms. The van der Waals surface area contributed by atoms with Crippen molar-refractivity contribution in [3.63, 3.8) is 0 Å². The summed E-state index contributed by atoms with van der Waals surface area (Å²) in [6.45, 7) is 7.25. The molecule has 3 aliphatic rings. The smallest absolute Gasteiger partial charge is 0.333 e. The minimum atomic E-state index is -0.212. The van der Waals surface area contributed by atoms with Gasteiger partial charge in [0.2, 0.25) is 0 Å². The lowest BCUT2D eigenvalue weighted by molar-refractivity contribution is -0.136. The van der Waals surface area contributed by atoms with Crippen LogP contribution in [0.25, 0.3) is 0 Å². The van der Waals surface area contributed by atoms with Crippen LogP contribution in [0.15, 0.2) is 34.4 Å². The highest BCUT2D eigenvalue weighted by Gasteiger charge is 2.51. The first kappa shape index (κ1) is 18.4. The fourth-order valence-corrected chi connectivity index (χ4v) is 3.93. The van der Waals surface area contributed by atoms with Gasteiger partial charge >= 0.3 is 5.97 Å². The van der Waals surface area contributed by atoms with Gasteiger partial charge in [-0.1, -0.05) is 17.7 Å². The van der Waals surface area contributed by atoms with Gasteiger partial charge in [-0.2, -0.15) is 0 Å². The predicted octanol–water partition coefficient (Wildman–Crippen LogP) is 4.26. The number of fused-ring (bicyclic) bond motifs is 2. The lowest BCUT2D eigenvalue weighted by Crippen LogP contribution is -2.15. The van der Waals surface area contributed by atoms with Gasteiger partial charge in [-0.3, -0.25) is 0 Å². The number of rotatable bonds is 1. The normalized spacial score (nSPS) is 33.6. The summed E-state index contributed by atoms with van der Waals surface area (Å²) >= 11 is 0. The Morgan fingerprint density at radius 3 is 2.84 bits per heavy atom. The molecular weight excluding hydrogens is 316 g/mol. The molecule has 2 heterocycles. The average molecular weight is 346 g/mol. The van der Waals surface area contributed by atoms with E-state index in [0.29, 0.717) is 0 Å². The Balaban J connectivity index is 1.80. The van der Waals surface area contributed by atoms with Crippen LogP contribution in [0.2, 0.25) is 0 Å². The quantitative estimate of drug-likeness (QED) is 0.404. The Labute approximate surface area is 150 Å². The summed E-state index contributed by atoms with van der Waals surface area (Å²) in [6, 6.07) is 0. The molecule has 138 valence electrons. The zero-order valence-electron chi connectivity index (χ0n) is 15.9. The van der Waals surface area contributed by atoms with E-state index in [2.05, 4.69) is 26.8 Å². The zero-order valence-corrected chi connectivity index (χ0v) is 15.9. The van der Waals surface area contributed by atoms with E-state index in [0.717, 1.165) is 50.7 Å². The van der Waals surface area contributed by atoms with Crippen molar-refractivity contribution in [3.8, 4) is 0 Å². The van der Waals surface area contributed by atoms with Crippen molar-refractivity contribution in [1.82, 2.24) is 0 Å². The number of esters is 1. The molecule has 0 N–H and O–H groups in total. The fourth-order valence-electron chi connectivity index (χ4n) is 3.93. The number of methoxy groups -OCH3 is 1. The minimum absolute atomic E-state index is 0.0650. The number of epoxide rings is 1. The average Bonchev–Trinajstić information content (AvgIpc) is 3.10. The van der Waals surface area contributed by atoms with Gasteiger partial charge in [0.15, 0.2) is 0 Å². The lowest BCUT2D eigenvalue weighted by atomic mass is 9.90. The molecule has 1 fully saturated rings. The molecule has 3 unspecified atom stereocenters. The van der Waals surface area contributed by atoms with Gasteiger partial charge in [0, 0.05) is 5.57 Å². The van der Waals surface area contributed by atoms with Crippen LogP contribution >= 0.6 is 0 Å². The van der Waals surface area contributed by atoms with Crippen LogP contribution in [0.4, 0.5) is 0 Å². The molecule has 25 heavy (non-hydrogen) atoms. The molecule has 4 heteroatoms. The van der Waals surface area contributed by atoms with Gasteiger partial charge in [0.1, 0.15) is 0 Å². The van der Waals surface area contributed by atoms with Crippen molar-refractivity contribution >= 4 is 5.97 Å². The minimum Gasteiger partial charge on any atom is -0.466 e. The standard InChI is InChI=1S/C21H30O4/c1-14-6-5-7-16(20(22)23-4)8-9-19-21(3,25-19)11-10-17-15(2)13-24-18(17)12-14/h7,12,18-19H,5-6,8-11,13H2,1-4H3. The first-order valence-corrected chi connectivity index (χ1v) is 9.35. The van der Waals surface area contributed by atoms with Crippen molar-refractivity contribution in [1.29, 1.82) is 0 Å². The Hall–Kier alpha value is -1.39. The van der Waals surface area contributed by atoms with Crippen LogP contribution < -0.4 is 0 Å². The van der Waals surface area contributed by atoms with Crippen molar-refractivity contribution in [2.45, 2.75) is 77.1 Å². The highest BCUT2D eigenvalue weighted by molar-refractivity contribution is 5.88. The molecular formula is C21H30O4. The molecule has 3 atom stereocenters. The van der Waals surface area contributed by atoms with Gasteiger partial charge in [-0.25, -0.2) is 4.79 Å². The first-order valence-electron chi connectivity index (χ1n) is 9.35. The van der Waals surface area contributed by atoms with E-state index in [9.17, 15) is 4.79 Å². The van der Waals surface area contributed by atoms with Gasteiger partial charge in [-0.15, -0.1) is 0 Å². The third kappa shape index (κ3) is 4.24. The number of carbonyl (C=O) groups excluding carboxylic acids is 1. The largest absolute Gasteiger partial charge is 0.466 e. The Kier molecular flexibility index (Phi) is 5.49. The number of allylic oxidation sites excluding steroid dienone is 2. The SMILES string of the molecule is COC(=O)C1=CCCC(C)=CC2OCC(C)=C2CCC2(C)OC2CC1. The predicted molar refractivity (Wildman–Crippen MR) is 97.3 cm³/mol. The Morgan fingerprint density at radius 2 is 2.08 bits per heavy atom. The maximum Gasteiger partial charge on any atom is 0.333 e. The summed E-state index contributed by atoms with van der Waals surface area (Å²) in [5, 5.41) is 0. The molecule has 1 aliphatic carbocycles. The second kappa shape index (κ2) is 7.46. The van der Waals surface area contributed by atoms with Crippen LogP contribution in [0.1, 0.15) is 59.3 Å². The summed E-state index contributed by atoms with van der Waals surface area (Å²) < 4.78 is 16.9. The van der Waals surface area contributed by atoms with Crippen molar-refractivity contribution in [3.05, 3.63) is 34.4 Å². The van der Waals surface area contributed by atoms with Gasteiger partial charge in [-0.05, 0) is 70.4 Å². The second-order valence-corrected chi connectivity index (χ2v) is 7.77. The van der Waals surface area contributed by atoms with Crippen LogP contribution in [0.5, 0.6) is 0 Å². The number of carbonyl (C=O) groups is 1. The van der Waals surface area contributed by atoms with E-state index in [1.165, 1.54) is 23.8 Å². The van der Waals surface area contributed by atoms with Crippen LogP contribution in [-0.2, 0) is 19.0 Å². The van der Waals surface area contributed by atoms with E-state index in [1.807, 2.05) is 6.08 Å². The topological polar surface area (TPSA) is 48.1 Å². The molecule has 2 aliphatic heterocycles. The summed E-state index contributed by atoms with van der Waals surface area (Å²) in [4.78, 5) is 12.0. The van der Waals surface area contributed by atoms with Gasteiger partial charge < -0.3 is 14.2 Å². The van der Waals surface area contributed by atoms with E-state index in [1.54, 1.807) is 0 Å². The molecule has 0 saturated carbocycles. The summed E-state index contributed by atoms with van der Waals surface area (Å²) in [7, 11) is 1.45. The lowest BCUT2D eigenvalue weighted by Gasteiger charge is -2.15. The third-order valence-electron chi connectivity index (χ3n) is 5.79. The molecule has 4 nitrogen and oxygen atoms in total. The molecule has 0 aromatic rings. The zero-order chi connectivity index (χ0) is 18.0. The second-order valence-electron chi connectivity index (χ2n) is 7.77. The molecule has 1 saturated heterocycles. The number of ether oxygens (including phenoxy) is 3. The highest BCUT2D eigenvalue weighted by atomic mass is 16.6. The molecule has 0 radical (unpaired) electrons. The molecule has 0 aromatic carbocycles. The summed E-state index contributed by atoms with van der Waals surface area (Å²) in [6.07, 6.45) is 10.0. The van der Waals surface area contributed by atoms with Crippen molar-refractivity contribution in [2.24, 2.45) is 0 Å². The van der Waals surface area contributed by atoms with Crippen molar-refractivity contribution in [2.75, 3.05) is 13.7 Å². The maximum absolute atomic E-state index is 12.0. The number of hydrogen-bond acceptors (Lipinski definition) is 4. The van der Waals surface area contributed by atoms with Crippen molar-refractivity contribution < 1.29 is 19.0 Å². The summed E-state index contributed by atoms with van der Waals surface area (Å²) in [5.41, 5.74) is 4.82. The molecule has 0 amide bonds. The maximum atomic E-state index is 12.0. The number of hydrogen-bond donors (Lipinski definition) is 0. The van der Waals surface area contributed by atoms with E-state index < -0.39 is 0 Å². The van der Waals surface area contributed by atoms with Crippen LogP contribution in [-0.4, -0.2) is 37.5 Å². The molecule has 3 rings (SSSR count). The summed E-state index contributed by atoms with van der Waals surface area (Å²) in [5.74, 6) is -0.212. The van der Waals surface area contributed by atoms with Gasteiger partial charge in [0.25, 0.3) is 0 Å². The van der Waals surface area contributed by atoms with E-state index >= 15 is 0 Å². The third-order valence-corrected chi connectivity index (χ3v) is 5.79. The van der Waals surface area contributed by atoms with E-state index in [4.69, 9.17) is 14.2 Å². The fraction of sp³-hybridized carbons (Fsp3) is 0.667. The van der Waals surface area contributed by atoms with Crippen LogP contribution in [0, 0.1) is 0 Å². The Morgan fingerprint density at radius 1 is 1.28 bits per heavy atom. The Bertz CT molecular complexity index is 628. The first-order chi connectivity index (χ1) is 11.9. The molecule has 0 aromatic heterocycles. The molecule has 0 spiro atoms. The van der Waals surface area contributed by atoms with Crippen LogP contribution in [0.3, 0.4) is 0 Å².